The highest BCUT2D eigenvalue weighted by Crippen LogP contribution is 1.89. The molecular formula is C4H8N2O. The Kier molecular flexibility index (Phi) is 1.17. The predicted molar refractivity (Wildman–Crippen MR) is 26.2 cm³/mol. The Morgan fingerprint density at radius 1 is 1.86 bits per heavy atom. The summed E-state index contributed by atoms with van der Waals surface area (Å²) >= 11 is 0. The molecular weight excluding hydrogens is 92.1 g/mol. The van der Waals surface area contributed by atoms with Gasteiger partial charge in [-0.2, -0.15) is 0 Å². The van der Waals surface area contributed by atoms with Gasteiger partial charge in [-0.25, -0.2) is 5.43 Å². The average molecular weight is 100 g/mol. The first-order chi connectivity index (χ1) is 3.43. The summed E-state index contributed by atoms with van der Waals surface area (Å²) in [6.45, 7) is 0.850. The first-order valence-electron chi connectivity index (χ1n) is 2.16. The Morgan fingerprint density at radius 3 is 3.00 bits per heavy atom. The zero-order valence-corrected chi connectivity index (χ0v) is 4.19. The van der Waals surface area contributed by atoms with Crippen LogP contribution < -0.4 is 10.9 Å². The zero-order valence-electron chi connectivity index (χ0n) is 4.19. The van der Waals surface area contributed by atoms with Crippen molar-refractivity contribution in [3.05, 3.63) is 12.0 Å². The lowest BCUT2D eigenvalue weighted by atomic mass is 10.6. The molecule has 0 fully saturated rings. The summed E-state index contributed by atoms with van der Waals surface area (Å²) in [5, 5.41) is 0. The number of ether oxygens (including phenoxy) is 1. The van der Waals surface area contributed by atoms with Gasteiger partial charge in [0.05, 0.1) is 7.11 Å². The first kappa shape index (κ1) is 4.46. The molecule has 0 saturated carbocycles. The summed E-state index contributed by atoms with van der Waals surface area (Å²) in [5.41, 5.74) is 5.65. The minimum atomic E-state index is 0.806. The fourth-order valence-electron chi connectivity index (χ4n) is 0.467. The van der Waals surface area contributed by atoms with Gasteiger partial charge in [0.2, 0.25) is 0 Å². The predicted octanol–water partition coefficient (Wildman–Crippen LogP) is -0.418. The average Bonchev–Trinajstić information content (AvgIpc) is 2.14. The van der Waals surface area contributed by atoms with Gasteiger partial charge in [0.25, 0.3) is 0 Å². The molecule has 7 heavy (non-hydrogen) atoms. The van der Waals surface area contributed by atoms with Crippen LogP contribution in [-0.2, 0) is 4.74 Å². The van der Waals surface area contributed by atoms with Crippen LogP contribution >= 0.6 is 0 Å². The van der Waals surface area contributed by atoms with Crippen molar-refractivity contribution in [1.29, 1.82) is 0 Å². The second kappa shape index (κ2) is 1.84. The molecule has 0 aromatic heterocycles. The highest BCUT2D eigenvalue weighted by Gasteiger charge is 1.97. The molecule has 0 bridgehead atoms. The van der Waals surface area contributed by atoms with Crippen molar-refractivity contribution in [3.8, 4) is 0 Å². The van der Waals surface area contributed by atoms with Crippen LogP contribution in [0, 0.1) is 0 Å². The van der Waals surface area contributed by atoms with E-state index in [1.54, 1.807) is 7.11 Å². The largest absolute Gasteiger partial charge is 0.482 e. The molecule has 0 aromatic carbocycles. The smallest absolute Gasteiger partial charge is 0.198 e. The summed E-state index contributed by atoms with van der Waals surface area (Å²) in [5.74, 6) is 0.806. The molecule has 1 heterocycles. The minimum Gasteiger partial charge on any atom is -0.482 e. The van der Waals surface area contributed by atoms with Crippen LogP contribution in [0.1, 0.15) is 0 Å². The third-order valence-electron chi connectivity index (χ3n) is 0.821. The summed E-state index contributed by atoms with van der Waals surface area (Å²) in [4.78, 5) is 0. The molecule has 0 aromatic rings. The van der Waals surface area contributed by atoms with E-state index in [0.717, 1.165) is 12.4 Å². The fraction of sp³-hybridized carbons (Fsp3) is 0.500. The van der Waals surface area contributed by atoms with E-state index < -0.39 is 0 Å². The standard InChI is InChI=1S/C4H8N2O/c1-7-4-2-3-5-6-4/h2,5-6H,3H2,1H3. The molecule has 1 aliphatic heterocycles. The van der Waals surface area contributed by atoms with Crippen LogP contribution in [0.3, 0.4) is 0 Å². The fourth-order valence-corrected chi connectivity index (χ4v) is 0.467. The van der Waals surface area contributed by atoms with Crippen LogP contribution in [0.2, 0.25) is 0 Å². The summed E-state index contributed by atoms with van der Waals surface area (Å²) in [6.07, 6.45) is 1.93. The van der Waals surface area contributed by atoms with Crippen LogP contribution in [0.25, 0.3) is 0 Å². The quantitative estimate of drug-likeness (QED) is 0.469. The molecule has 0 radical (unpaired) electrons. The Hall–Kier alpha value is -0.700. The molecule has 0 atom stereocenters. The van der Waals surface area contributed by atoms with Gasteiger partial charge in [0, 0.05) is 6.54 Å². The van der Waals surface area contributed by atoms with Gasteiger partial charge in [0.1, 0.15) is 0 Å². The van der Waals surface area contributed by atoms with Crippen molar-refractivity contribution in [2.45, 2.75) is 0 Å². The van der Waals surface area contributed by atoms with Crippen molar-refractivity contribution in [2.75, 3.05) is 13.7 Å². The molecule has 0 spiro atoms. The summed E-state index contributed by atoms with van der Waals surface area (Å²) < 4.78 is 4.80. The lowest BCUT2D eigenvalue weighted by Crippen LogP contribution is -2.24. The van der Waals surface area contributed by atoms with Crippen molar-refractivity contribution in [3.63, 3.8) is 0 Å². The zero-order chi connectivity index (χ0) is 5.11. The normalized spacial score (nSPS) is 18.1. The number of methoxy groups -OCH3 is 1. The lowest BCUT2D eigenvalue weighted by molar-refractivity contribution is 0.261. The third kappa shape index (κ3) is 0.838. The maximum atomic E-state index is 4.80. The van der Waals surface area contributed by atoms with Crippen LogP contribution in [0.15, 0.2) is 12.0 Å². The van der Waals surface area contributed by atoms with Crippen molar-refractivity contribution in [2.24, 2.45) is 0 Å². The second-order valence-electron chi connectivity index (χ2n) is 1.28. The lowest BCUT2D eigenvalue weighted by Gasteiger charge is -1.98. The highest BCUT2D eigenvalue weighted by atomic mass is 16.5. The molecule has 1 rings (SSSR count). The van der Waals surface area contributed by atoms with E-state index in [2.05, 4.69) is 10.9 Å². The SMILES string of the molecule is COC1=CCNN1. The first-order valence-corrected chi connectivity index (χ1v) is 2.16. The Balaban J connectivity index is 2.36. The third-order valence-corrected chi connectivity index (χ3v) is 0.821. The van der Waals surface area contributed by atoms with Crippen LogP contribution in [0.4, 0.5) is 0 Å². The van der Waals surface area contributed by atoms with Crippen molar-refractivity contribution in [1.82, 2.24) is 10.9 Å². The molecule has 3 heteroatoms. The van der Waals surface area contributed by atoms with Gasteiger partial charge >= 0.3 is 0 Å². The second-order valence-corrected chi connectivity index (χ2v) is 1.28. The van der Waals surface area contributed by atoms with Gasteiger partial charge in [0.15, 0.2) is 5.88 Å². The Labute approximate surface area is 42.3 Å². The van der Waals surface area contributed by atoms with E-state index in [1.807, 2.05) is 6.08 Å². The van der Waals surface area contributed by atoms with E-state index in [9.17, 15) is 0 Å². The van der Waals surface area contributed by atoms with E-state index in [1.165, 1.54) is 0 Å². The minimum absolute atomic E-state index is 0.806. The molecule has 0 aliphatic carbocycles. The van der Waals surface area contributed by atoms with E-state index >= 15 is 0 Å². The molecule has 0 amide bonds. The van der Waals surface area contributed by atoms with Gasteiger partial charge < -0.3 is 4.74 Å². The van der Waals surface area contributed by atoms with Crippen molar-refractivity contribution >= 4 is 0 Å². The monoisotopic (exact) mass is 100 g/mol. The number of hydrazine groups is 1. The van der Waals surface area contributed by atoms with Crippen molar-refractivity contribution < 1.29 is 4.74 Å². The Morgan fingerprint density at radius 2 is 2.71 bits per heavy atom. The van der Waals surface area contributed by atoms with Crippen LogP contribution in [0.5, 0.6) is 0 Å². The van der Waals surface area contributed by atoms with E-state index in [-0.39, 0.29) is 0 Å². The molecule has 40 valence electrons. The number of nitrogens with one attached hydrogen (secondary N) is 2. The number of hydrogen-bond acceptors (Lipinski definition) is 3. The topological polar surface area (TPSA) is 33.3 Å². The Bertz CT molecular complexity index is 89.7. The van der Waals surface area contributed by atoms with E-state index in [4.69, 9.17) is 4.74 Å². The van der Waals surface area contributed by atoms with E-state index in [0.29, 0.717) is 0 Å². The number of rotatable bonds is 1. The van der Waals surface area contributed by atoms with Gasteiger partial charge in [-0.05, 0) is 6.08 Å². The maximum absolute atomic E-state index is 4.80. The highest BCUT2D eigenvalue weighted by molar-refractivity contribution is 4.95. The molecule has 0 saturated heterocycles. The molecule has 1 aliphatic rings. The van der Waals surface area contributed by atoms with Gasteiger partial charge in [-0.1, -0.05) is 0 Å². The van der Waals surface area contributed by atoms with Gasteiger partial charge in [-0.3, -0.25) is 5.43 Å². The summed E-state index contributed by atoms with van der Waals surface area (Å²) in [6, 6.07) is 0. The number of hydrogen-bond donors (Lipinski definition) is 2. The summed E-state index contributed by atoms with van der Waals surface area (Å²) in [7, 11) is 1.63. The maximum Gasteiger partial charge on any atom is 0.198 e. The van der Waals surface area contributed by atoms with Gasteiger partial charge in [-0.15, -0.1) is 0 Å². The van der Waals surface area contributed by atoms with Crippen LogP contribution in [-0.4, -0.2) is 13.7 Å². The molecule has 2 N–H and O–H groups in total. The molecule has 0 unspecified atom stereocenters. The molecule has 3 nitrogen and oxygen atoms in total.